The molecule has 0 spiro atoms. The van der Waals surface area contributed by atoms with Gasteiger partial charge in [-0.3, -0.25) is 4.79 Å². The molecule has 1 aromatic carbocycles. The van der Waals surface area contributed by atoms with E-state index in [2.05, 4.69) is 63.8 Å². The lowest BCUT2D eigenvalue weighted by Gasteiger charge is -2.21. The van der Waals surface area contributed by atoms with E-state index in [1.165, 1.54) is 11.1 Å². The SMILES string of the molecule is Cc1ccc(C2(C)C=C([Si](C)(C)C)C(=O)C2)cc1. The number of rotatable bonds is 2. The molecule has 2 rings (SSSR count). The van der Waals surface area contributed by atoms with Gasteiger partial charge in [-0.1, -0.05) is 62.5 Å². The first-order chi connectivity index (χ1) is 8.22. The molecular weight excluding hydrogens is 236 g/mol. The second-order valence-corrected chi connectivity index (χ2v) is 11.7. The Kier molecular flexibility index (Phi) is 3.10. The minimum absolute atomic E-state index is 0.0968. The number of hydrogen-bond donors (Lipinski definition) is 0. The number of allylic oxidation sites excluding steroid dienone is 2. The van der Waals surface area contributed by atoms with Gasteiger partial charge < -0.3 is 0 Å². The molecule has 1 aliphatic rings. The highest BCUT2D eigenvalue weighted by Gasteiger charge is 2.39. The topological polar surface area (TPSA) is 17.1 Å². The molecular formula is C16H22OSi. The maximum Gasteiger partial charge on any atom is 0.155 e. The molecule has 1 unspecified atom stereocenters. The molecule has 1 aliphatic carbocycles. The van der Waals surface area contributed by atoms with Gasteiger partial charge in [0.2, 0.25) is 0 Å². The maximum atomic E-state index is 12.2. The van der Waals surface area contributed by atoms with Crippen molar-refractivity contribution in [2.24, 2.45) is 0 Å². The summed E-state index contributed by atoms with van der Waals surface area (Å²) in [7, 11) is -1.51. The predicted octanol–water partition coefficient (Wildman–Crippen LogP) is 4.03. The lowest BCUT2D eigenvalue weighted by atomic mass is 9.82. The molecule has 18 heavy (non-hydrogen) atoms. The van der Waals surface area contributed by atoms with Gasteiger partial charge in [-0.15, -0.1) is 0 Å². The number of benzene rings is 1. The summed E-state index contributed by atoms with van der Waals surface area (Å²) >= 11 is 0. The molecule has 0 heterocycles. The monoisotopic (exact) mass is 258 g/mol. The van der Waals surface area contributed by atoms with E-state index in [9.17, 15) is 4.79 Å². The summed E-state index contributed by atoms with van der Waals surface area (Å²) < 4.78 is 0. The number of carbonyl (C=O) groups excluding carboxylic acids is 1. The summed E-state index contributed by atoms with van der Waals surface area (Å²) in [6, 6.07) is 8.58. The molecule has 0 saturated heterocycles. The Morgan fingerprint density at radius 2 is 1.67 bits per heavy atom. The van der Waals surface area contributed by atoms with E-state index in [0.717, 1.165) is 5.20 Å². The average molecular weight is 258 g/mol. The van der Waals surface area contributed by atoms with Crippen LogP contribution in [0.3, 0.4) is 0 Å². The standard InChI is InChI=1S/C16H22OSi/c1-12-6-8-13(9-7-12)16(2)10-14(17)15(11-16)18(3,4)5/h6-9,11H,10H2,1-5H3. The van der Waals surface area contributed by atoms with Crippen molar-refractivity contribution < 1.29 is 4.79 Å². The zero-order valence-corrected chi connectivity index (χ0v) is 13.0. The van der Waals surface area contributed by atoms with Crippen LogP contribution in [0.2, 0.25) is 19.6 Å². The third-order valence-corrected chi connectivity index (χ3v) is 5.85. The minimum atomic E-state index is -1.51. The summed E-state index contributed by atoms with van der Waals surface area (Å²) in [4.78, 5) is 12.2. The van der Waals surface area contributed by atoms with Crippen molar-refractivity contribution in [2.75, 3.05) is 0 Å². The summed E-state index contributed by atoms with van der Waals surface area (Å²) in [5, 5.41) is 1.12. The van der Waals surface area contributed by atoms with Crippen LogP contribution in [0.25, 0.3) is 0 Å². The molecule has 0 aliphatic heterocycles. The molecule has 0 aromatic heterocycles. The number of aryl methyl sites for hydroxylation is 1. The molecule has 0 radical (unpaired) electrons. The molecule has 1 nitrogen and oxygen atoms in total. The molecule has 0 bridgehead atoms. The van der Waals surface area contributed by atoms with Crippen LogP contribution in [0, 0.1) is 6.92 Å². The number of carbonyl (C=O) groups is 1. The van der Waals surface area contributed by atoms with Crippen molar-refractivity contribution in [1.29, 1.82) is 0 Å². The van der Waals surface area contributed by atoms with Crippen LogP contribution < -0.4 is 0 Å². The Hall–Kier alpha value is -1.15. The highest BCUT2D eigenvalue weighted by molar-refractivity contribution is 6.87. The first-order valence-electron chi connectivity index (χ1n) is 6.56. The zero-order valence-electron chi connectivity index (χ0n) is 12.0. The van der Waals surface area contributed by atoms with E-state index in [0.29, 0.717) is 12.2 Å². The predicted molar refractivity (Wildman–Crippen MR) is 79.6 cm³/mol. The number of ketones is 1. The van der Waals surface area contributed by atoms with Gasteiger partial charge in [-0.2, -0.15) is 0 Å². The Morgan fingerprint density at radius 1 is 1.11 bits per heavy atom. The summed E-state index contributed by atoms with van der Waals surface area (Å²) in [5.41, 5.74) is 2.43. The van der Waals surface area contributed by atoms with Crippen LogP contribution in [0.15, 0.2) is 35.5 Å². The van der Waals surface area contributed by atoms with Crippen molar-refractivity contribution in [1.82, 2.24) is 0 Å². The van der Waals surface area contributed by atoms with Gasteiger partial charge in [0, 0.05) is 11.8 Å². The van der Waals surface area contributed by atoms with E-state index in [1.807, 2.05) is 0 Å². The van der Waals surface area contributed by atoms with Crippen molar-refractivity contribution >= 4 is 13.9 Å². The highest BCUT2D eigenvalue weighted by atomic mass is 28.3. The lowest BCUT2D eigenvalue weighted by Crippen LogP contribution is -2.27. The third kappa shape index (κ3) is 2.34. The molecule has 96 valence electrons. The van der Waals surface area contributed by atoms with Crippen LogP contribution in [-0.2, 0) is 10.2 Å². The molecule has 0 amide bonds. The largest absolute Gasteiger partial charge is 0.295 e. The quantitative estimate of drug-likeness (QED) is 0.732. The van der Waals surface area contributed by atoms with Gasteiger partial charge in [0.1, 0.15) is 0 Å². The molecule has 0 saturated carbocycles. The molecule has 0 N–H and O–H groups in total. The van der Waals surface area contributed by atoms with Crippen LogP contribution in [0.5, 0.6) is 0 Å². The first kappa shape index (κ1) is 13.3. The Labute approximate surface area is 111 Å². The Balaban J connectivity index is 2.43. The number of Topliss-reactive ketones (excluding diaryl/α,β-unsaturated/α-hetero) is 1. The smallest absolute Gasteiger partial charge is 0.155 e. The van der Waals surface area contributed by atoms with Crippen molar-refractivity contribution in [3.8, 4) is 0 Å². The maximum absolute atomic E-state index is 12.2. The molecule has 2 heteroatoms. The lowest BCUT2D eigenvalue weighted by molar-refractivity contribution is -0.115. The number of hydrogen-bond acceptors (Lipinski definition) is 1. The van der Waals surface area contributed by atoms with Crippen molar-refractivity contribution in [3.63, 3.8) is 0 Å². The summed E-state index contributed by atoms with van der Waals surface area (Å²) in [5.74, 6) is 0.359. The van der Waals surface area contributed by atoms with Crippen molar-refractivity contribution in [3.05, 3.63) is 46.7 Å². The summed E-state index contributed by atoms with van der Waals surface area (Å²) in [6.45, 7) is 11.0. The van der Waals surface area contributed by atoms with Gasteiger partial charge in [-0.05, 0) is 17.7 Å². The van der Waals surface area contributed by atoms with Crippen LogP contribution >= 0.6 is 0 Å². The van der Waals surface area contributed by atoms with E-state index in [-0.39, 0.29) is 5.41 Å². The van der Waals surface area contributed by atoms with E-state index >= 15 is 0 Å². The first-order valence-corrected chi connectivity index (χ1v) is 10.1. The minimum Gasteiger partial charge on any atom is -0.295 e. The fourth-order valence-electron chi connectivity index (χ4n) is 2.63. The molecule has 0 fully saturated rings. The van der Waals surface area contributed by atoms with Crippen LogP contribution in [0.1, 0.15) is 24.5 Å². The second-order valence-electron chi connectivity index (χ2n) is 6.69. The van der Waals surface area contributed by atoms with Crippen molar-refractivity contribution in [2.45, 2.75) is 45.3 Å². The molecule has 1 aromatic rings. The fraction of sp³-hybridized carbons (Fsp3) is 0.438. The molecule has 1 atom stereocenters. The van der Waals surface area contributed by atoms with Gasteiger partial charge >= 0.3 is 0 Å². The fourth-order valence-corrected chi connectivity index (χ4v) is 4.31. The van der Waals surface area contributed by atoms with Gasteiger partial charge in [0.05, 0.1) is 8.07 Å². The van der Waals surface area contributed by atoms with E-state index in [1.54, 1.807) is 0 Å². The van der Waals surface area contributed by atoms with Crippen LogP contribution in [0.4, 0.5) is 0 Å². The average Bonchev–Trinajstić information content (AvgIpc) is 2.56. The Morgan fingerprint density at radius 3 is 2.11 bits per heavy atom. The van der Waals surface area contributed by atoms with E-state index in [4.69, 9.17) is 0 Å². The van der Waals surface area contributed by atoms with Gasteiger partial charge in [-0.25, -0.2) is 0 Å². The zero-order chi connectivity index (χ0) is 13.6. The second kappa shape index (κ2) is 4.20. The summed E-state index contributed by atoms with van der Waals surface area (Å²) in [6.07, 6.45) is 2.88. The third-order valence-electron chi connectivity index (χ3n) is 3.81. The van der Waals surface area contributed by atoms with E-state index < -0.39 is 8.07 Å². The van der Waals surface area contributed by atoms with Crippen LogP contribution in [-0.4, -0.2) is 13.9 Å². The van der Waals surface area contributed by atoms with Gasteiger partial charge in [0.25, 0.3) is 0 Å². The Bertz CT molecular complexity index is 505. The van der Waals surface area contributed by atoms with Gasteiger partial charge in [0.15, 0.2) is 5.78 Å². The normalized spacial score (nSPS) is 24.3. The highest BCUT2D eigenvalue weighted by Crippen LogP contribution is 2.39.